The van der Waals surface area contributed by atoms with E-state index in [4.69, 9.17) is 21.6 Å². The van der Waals surface area contributed by atoms with Gasteiger partial charge in [0.1, 0.15) is 17.3 Å². The standard InChI is InChI=1S/C16H13ClFNO/c1-10-3-13(9-19)4-11(2)16(10)20-15-6-12(8-17)5-14(18)7-15/h3-7H,8H2,1-2H3. The molecule has 2 nitrogen and oxygen atoms in total. The number of alkyl halides is 1. The van der Waals surface area contributed by atoms with Crippen molar-refractivity contribution in [2.45, 2.75) is 19.7 Å². The Bertz CT molecular complexity index is 668. The van der Waals surface area contributed by atoms with Crippen LogP contribution in [0.15, 0.2) is 30.3 Å². The molecule has 102 valence electrons. The number of hydrogen-bond donors (Lipinski definition) is 0. The van der Waals surface area contributed by atoms with Crippen LogP contribution < -0.4 is 4.74 Å². The van der Waals surface area contributed by atoms with Crippen molar-refractivity contribution in [1.82, 2.24) is 0 Å². The molecule has 0 atom stereocenters. The second-order valence-electron chi connectivity index (χ2n) is 4.58. The molecule has 0 aliphatic rings. The monoisotopic (exact) mass is 289 g/mol. The van der Waals surface area contributed by atoms with Crippen molar-refractivity contribution < 1.29 is 9.13 Å². The fourth-order valence-electron chi connectivity index (χ4n) is 2.05. The van der Waals surface area contributed by atoms with Crippen molar-refractivity contribution in [3.05, 3.63) is 58.4 Å². The maximum Gasteiger partial charge on any atom is 0.133 e. The number of nitriles is 1. The predicted molar refractivity (Wildman–Crippen MR) is 76.7 cm³/mol. The molecule has 0 N–H and O–H groups in total. The largest absolute Gasteiger partial charge is 0.457 e. The molecule has 2 aromatic rings. The maximum absolute atomic E-state index is 13.5. The van der Waals surface area contributed by atoms with E-state index in [2.05, 4.69) is 6.07 Å². The molecule has 0 fully saturated rings. The highest BCUT2D eigenvalue weighted by Crippen LogP contribution is 2.31. The number of rotatable bonds is 3. The van der Waals surface area contributed by atoms with Crippen molar-refractivity contribution in [2.75, 3.05) is 0 Å². The molecule has 0 spiro atoms. The van der Waals surface area contributed by atoms with Crippen LogP contribution in [0.5, 0.6) is 11.5 Å². The van der Waals surface area contributed by atoms with Crippen LogP contribution in [0.2, 0.25) is 0 Å². The summed E-state index contributed by atoms with van der Waals surface area (Å²) in [4.78, 5) is 0. The van der Waals surface area contributed by atoms with E-state index < -0.39 is 0 Å². The first-order valence-corrected chi connectivity index (χ1v) is 6.61. The summed E-state index contributed by atoms with van der Waals surface area (Å²) in [6.07, 6.45) is 0. The molecule has 2 rings (SSSR count). The zero-order valence-electron chi connectivity index (χ0n) is 11.2. The Labute approximate surface area is 122 Å². The first-order chi connectivity index (χ1) is 9.53. The van der Waals surface area contributed by atoms with Crippen LogP contribution in [-0.2, 0) is 5.88 Å². The summed E-state index contributed by atoms with van der Waals surface area (Å²) in [7, 11) is 0. The van der Waals surface area contributed by atoms with Crippen LogP contribution in [0.3, 0.4) is 0 Å². The topological polar surface area (TPSA) is 33.0 Å². The normalized spacial score (nSPS) is 10.2. The molecule has 4 heteroatoms. The van der Waals surface area contributed by atoms with Crippen molar-refractivity contribution in [2.24, 2.45) is 0 Å². The van der Waals surface area contributed by atoms with Gasteiger partial charge in [-0.1, -0.05) is 0 Å². The van der Waals surface area contributed by atoms with E-state index in [0.717, 1.165) is 11.1 Å². The van der Waals surface area contributed by atoms with Crippen molar-refractivity contribution in [3.63, 3.8) is 0 Å². The minimum absolute atomic E-state index is 0.222. The molecular weight excluding hydrogens is 277 g/mol. The number of nitrogens with zero attached hydrogens (tertiary/aromatic N) is 1. The highest BCUT2D eigenvalue weighted by atomic mass is 35.5. The van der Waals surface area contributed by atoms with Gasteiger partial charge in [0.25, 0.3) is 0 Å². The number of aryl methyl sites for hydroxylation is 2. The minimum Gasteiger partial charge on any atom is -0.457 e. The van der Waals surface area contributed by atoms with Gasteiger partial charge in [-0.25, -0.2) is 4.39 Å². The second-order valence-corrected chi connectivity index (χ2v) is 4.85. The van der Waals surface area contributed by atoms with Gasteiger partial charge in [0.05, 0.1) is 11.6 Å². The highest BCUT2D eigenvalue weighted by Gasteiger charge is 2.09. The summed E-state index contributed by atoms with van der Waals surface area (Å²) in [6, 6.07) is 9.96. The zero-order valence-corrected chi connectivity index (χ0v) is 12.0. The molecule has 0 aromatic heterocycles. The maximum atomic E-state index is 13.5. The summed E-state index contributed by atoms with van der Waals surface area (Å²) in [5.41, 5.74) is 2.90. The molecule has 0 saturated carbocycles. The Morgan fingerprint density at radius 1 is 1.15 bits per heavy atom. The Hall–Kier alpha value is -2.05. The molecule has 0 heterocycles. The Morgan fingerprint density at radius 3 is 2.35 bits per heavy atom. The van der Waals surface area contributed by atoms with Gasteiger partial charge >= 0.3 is 0 Å². The van der Waals surface area contributed by atoms with Crippen molar-refractivity contribution >= 4 is 11.6 Å². The van der Waals surface area contributed by atoms with Crippen LogP contribution in [-0.4, -0.2) is 0 Å². The SMILES string of the molecule is Cc1cc(C#N)cc(C)c1Oc1cc(F)cc(CCl)c1. The number of hydrogen-bond acceptors (Lipinski definition) is 2. The molecule has 0 bridgehead atoms. The van der Waals surface area contributed by atoms with Gasteiger partial charge in [0.2, 0.25) is 0 Å². The lowest BCUT2D eigenvalue weighted by Crippen LogP contribution is -1.94. The van der Waals surface area contributed by atoms with Crippen molar-refractivity contribution in [3.8, 4) is 17.6 Å². The molecule has 0 amide bonds. The van der Waals surface area contributed by atoms with Gasteiger partial charge < -0.3 is 4.74 Å². The Kier molecular flexibility index (Phi) is 4.26. The van der Waals surface area contributed by atoms with Gasteiger partial charge in [0.15, 0.2) is 0 Å². The smallest absolute Gasteiger partial charge is 0.133 e. The summed E-state index contributed by atoms with van der Waals surface area (Å²) < 4.78 is 19.2. The van der Waals surface area contributed by atoms with E-state index in [1.165, 1.54) is 12.1 Å². The summed E-state index contributed by atoms with van der Waals surface area (Å²) in [5.74, 6) is 0.869. The van der Waals surface area contributed by atoms with E-state index in [1.54, 1.807) is 18.2 Å². The lowest BCUT2D eigenvalue weighted by Gasteiger charge is -2.13. The fourth-order valence-corrected chi connectivity index (χ4v) is 2.20. The number of ether oxygens (including phenoxy) is 1. The second kappa shape index (κ2) is 5.94. The molecule has 0 unspecified atom stereocenters. The van der Waals surface area contributed by atoms with Crippen LogP contribution in [0.4, 0.5) is 4.39 Å². The van der Waals surface area contributed by atoms with Gasteiger partial charge in [-0.2, -0.15) is 5.26 Å². The van der Waals surface area contributed by atoms with Gasteiger partial charge in [-0.15, -0.1) is 11.6 Å². The average Bonchev–Trinajstić information content (AvgIpc) is 2.41. The first-order valence-electron chi connectivity index (χ1n) is 6.08. The first kappa shape index (κ1) is 14.4. The van der Waals surface area contributed by atoms with E-state index in [-0.39, 0.29) is 11.7 Å². The van der Waals surface area contributed by atoms with Gasteiger partial charge in [-0.05, 0) is 54.8 Å². The van der Waals surface area contributed by atoms with Gasteiger partial charge in [0, 0.05) is 11.9 Å². The summed E-state index contributed by atoms with van der Waals surface area (Å²) in [6.45, 7) is 3.70. The molecule has 0 saturated heterocycles. The van der Waals surface area contributed by atoms with E-state index in [1.807, 2.05) is 13.8 Å². The lowest BCUT2D eigenvalue weighted by molar-refractivity contribution is 0.469. The highest BCUT2D eigenvalue weighted by molar-refractivity contribution is 6.17. The molecular formula is C16H13ClFNO. The fraction of sp³-hybridized carbons (Fsp3) is 0.188. The van der Waals surface area contributed by atoms with E-state index in [0.29, 0.717) is 22.6 Å². The molecule has 0 aliphatic carbocycles. The lowest BCUT2D eigenvalue weighted by atomic mass is 10.1. The summed E-state index contributed by atoms with van der Waals surface area (Å²) >= 11 is 5.72. The molecule has 2 aromatic carbocycles. The zero-order chi connectivity index (χ0) is 14.7. The molecule has 0 aliphatic heterocycles. The third kappa shape index (κ3) is 3.09. The Morgan fingerprint density at radius 2 is 1.80 bits per heavy atom. The van der Waals surface area contributed by atoms with Crippen LogP contribution in [0.1, 0.15) is 22.3 Å². The third-order valence-electron chi connectivity index (χ3n) is 2.89. The van der Waals surface area contributed by atoms with Gasteiger partial charge in [-0.3, -0.25) is 0 Å². The van der Waals surface area contributed by atoms with Crippen LogP contribution in [0.25, 0.3) is 0 Å². The van der Waals surface area contributed by atoms with Crippen LogP contribution in [0, 0.1) is 31.0 Å². The number of halogens is 2. The van der Waals surface area contributed by atoms with E-state index in [9.17, 15) is 4.39 Å². The number of benzene rings is 2. The quantitative estimate of drug-likeness (QED) is 0.757. The molecule has 0 radical (unpaired) electrons. The third-order valence-corrected chi connectivity index (χ3v) is 3.20. The average molecular weight is 290 g/mol. The Balaban J connectivity index is 2.40. The molecule has 20 heavy (non-hydrogen) atoms. The predicted octanol–water partition coefficient (Wildman–Crippen LogP) is 4.85. The van der Waals surface area contributed by atoms with Crippen LogP contribution >= 0.6 is 11.6 Å². The van der Waals surface area contributed by atoms with Crippen molar-refractivity contribution in [1.29, 1.82) is 5.26 Å². The summed E-state index contributed by atoms with van der Waals surface area (Å²) in [5, 5.41) is 8.92. The van der Waals surface area contributed by atoms with E-state index >= 15 is 0 Å². The minimum atomic E-state index is -0.387.